The summed E-state index contributed by atoms with van der Waals surface area (Å²) in [5.74, 6) is 0.167. The maximum absolute atomic E-state index is 12.1. The van der Waals surface area contributed by atoms with Crippen LogP contribution in [-0.2, 0) is 4.79 Å². The first-order valence-corrected chi connectivity index (χ1v) is 7.44. The van der Waals surface area contributed by atoms with Crippen LogP contribution in [-0.4, -0.2) is 42.5 Å². The number of carbonyl (C=O) groups excluding carboxylic acids is 1. The van der Waals surface area contributed by atoms with Crippen LogP contribution in [0, 0.1) is 0 Å². The molecule has 1 aliphatic carbocycles. The van der Waals surface area contributed by atoms with E-state index in [1.54, 1.807) is 0 Å². The van der Waals surface area contributed by atoms with Crippen molar-refractivity contribution in [2.45, 2.75) is 64.5 Å². The second-order valence-corrected chi connectivity index (χ2v) is 5.29. The number of nitrogens with two attached hydrogens (primary N) is 1. The van der Waals surface area contributed by atoms with Gasteiger partial charge in [-0.05, 0) is 39.2 Å². The highest BCUT2D eigenvalue weighted by atomic mass is 16.2. The number of nitrogens with one attached hydrogen (secondary N) is 1. The number of hydrogen-bond donors (Lipinski definition) is 2. The highest BCUT2D eigenvalue weighted by molar-refractivity contribution is 5.81. The summed E-state index contributed by atoms with van der Waals surface area (Å²) in [6.07, 6.45) is 7.03. The van der Waals surface area contributed by atoms with E-state index in [4.69, 9.17) is 5.73 Å². The monoisotopic (exact) mass is 255 g/mol. The first kappa shape index (κ1) is 15.4. The van der Waals surface area contributed by atoms with Gasteiger partial charge in [-0.2, -0.15) is 0 Å². The molecule has 0 heterocycles. The molecule has 18 heavy (non-hydrogen) atoms. The molecule has 0 radical (unpaired) electrons. The quantitative estimate of drug-likeness (QED) is 0.691. The van der Waals surface area contributed by atoms with Crippen molar-refractivity contribution < 1.29 is 4.79 Å². The van der Waals surface area contributed by atoms with Crippen molar-refractivity contribution in [3.05, 3.63) is 0 Å². The van der Waals surface area contributed by atoms with Crippen LogP contribution in [0.4, 0.5) is 0 Å². The molecule has 0 spiro atoms. The molecule has 0 bridgehead atoms. The zero-order chi connectivity index (χ0) is 13.4. The number of carbonyl (C=O) groups is 1. The predicted molar refractivity (Wildman–Crippen MR) is 75.4 cm³/mol. The molecular weight excluding hydrogens is 226 g/mol. The lowest BCUT2D eigenvalue weighted by Crippen LogP contribution is -2.49. The zero-order valence-corrected chi connectivity index (χ0v) is 12.0. The van der Waals surface area contributed by atoms with Gasteiger partial charge in [0.2, 0.25) is 5.91 Å². The maximum atomic E-state index is 12.1. The van der Waals surface area contributed by atoms with E-state index in [2.05, 4.69) is 17.1 Å². The highest BCUT2D eigenvalue weighted by Crippen LogP contribution is 2.25. The smallest absolute Gasteiger partial charge is 0.237 e. The van der Waals surface area contributed by atoms with Crippen molar-refractivity contribution >= 4 is 5.91 Å². The summed E-state index contributed by atoms with van der Waals surface area (Å²) in [5.41, 5.74) is 5.60. The molecule has 0 aromatic heterocycles. The van der Waals surface area contributed by atoms with Gasteiger partial charge in [-0.1, -0.05) is 19.8 Å². The fraction of sp³-hybridized carbons (Fsp3) is 0.929. The van der Waals surface area contributed by atoms with Gasteiger partial charge < -0.3 is 11.1 Å². The fourth-order valence-electron chi connectivity index (χ4n) is 2.75. The van der Waals surface area contributed by atoms with E-state index < -0.39 is 0 Å². The minimum absolute atomic E-state index is 0.0220. The lowest BCUT2D eigenvalue weighted by molar-refractivity contribution is -0.126. The Bertz CT molecular complexity index is 239. The summed E-state index contributed by atoms with van der Waals surface area (Å²) in [6, 6.07) is 0.560. The van der Waals surface area contributed by atoms with Crippen molar-refractivity contribution in [2.24, 2.45) is 5.73 Å². The molecule has 0 aromatic rings. The van der Waals surface area contributed by atoms with Gasteiger partial charge in [0.25, 0.3) is 0 Å². The van der Waals surface area contributed by atoms with Gasteiger partial charge in [0.05, 0.1) is 6.04 Å². The topological polar surface area (TPSA) is 58.4 Å². The second kappa shape index (κ2) is 8.48. The van der Waals surface area contributed by atoms with Crippen LogP contribution in [0.25, 0.3) is 0 Å². The highest BCUT2D eigenvalue weighted by Gasteiger charge is 2.29. The molecule has 106 valence electrons. The molecular formula is C14H29N3O. The molecule has 0 saturated heterocycles. The molecule has 1 amide bonds. The lowest BCUT2D eigenvalue weighted by atomic mass is 10.1. The SMILES string of the molecule is CCCNC(=O)C(C)N(CCCN)C1CCCC1. The van der Waals surface area contributed by atoms with Crippen LogP contribution < -0.4 is 11.1 Å². The van der Waals surface area contributed by atoms with Crippen LogP contribution in [0.3, 0.4) is 0 Å². The van der Waals surface area contributed by atoms with Crippen molar-refractivity contribution in [1.29, 1.82) is 0 Å². The first-order valence-electron chi connectivity index (χ1n) is 7.44. The zero-order valence-electron chi connectivity index (χ0n) is 12.0. The molecule has 3 N–H and O–H groups in total. The van der Waals surface area contributed by atoms with E-state index in [1.807, 2.05) is 6.92 Å². The summed E-state index contributed by atoms with van der Waals surface area (Å²) in [6.45, 7) is 6.53. The largest absolute Gasteiger partial charge is 0.355 e. The van der Waals surface area contributed by atoms with E-state index in [9.17, 15) is 4.79 Å². The van der Waals surface area contributed by atoms with Crippen LogP contribution in [0.5, 0.6) is 0 Å². The molecule has 0 aliphatic heterocycles. The maximum Gasteiger partial charge on any atom is 0.237 e. The van der Waals surface area contributed by atoms with Gasteiger partial charge in [-0.15, -0.1) is 0 Å². The third kappa shape index (κ3) is 4.58. The number of nitrogens with zero attached hydrogens (tertiary/aromatic N) is 1. The third-order valence-corrected chi connectivity index (χ3v) is 3.84. The van der Waals surface area contributed by atoms with Crippen molar-refractivity contribution in [1.82, 2.24) is 10.2 Å². The molecule has 0 aromatic carbocycles. The normalized spacial score (nSPS) is 18.2. The molecule has 1 unspecified atom stereocenters. The molecule has 1 fully saturated rings. The van der Waals surface area contributed by atoms with Crippen LogP contribution in [0.2, 0.25) is 0 Å². The van der Waals surface area contributed by atoms with E-state index in [0.717, 1.165) is 25.9 Å². The predicted octanol–water partition coefficient (Wildman–Crippen LogP) is 1.49. The van der Waals surface area contributed by atoms with Crippen molar-refractivity contribution in [3.8, 4) is 0 Å². The Balaban J connectivity index is 2.53. The Morgan fingerprint density at radius 3 is 2.67 bits per heavy atom. The molecule has 1 saturated carbocycles. The van der Waals surface area contributed by atoms with Gasteiger partial charge in [0.1, 0.15) is 0 Å². The van der Waals surface area contributed by atoms with Gasteiger partial charge >= 0.3 is 0 Å². The summed E-state index contributed by atoms with van der Waals surface area (Å²) in [5, 5.41) is 3.00. The van der Waals surface area contributed by atoms with Crippen molar-refractivity contribution in [3.63, 3.8) is 0 Å². The Morgan fingerprint density at radius 2 is 2.11 bits per heavy atom. The van der Waals surface area contributed by atoms with E-state index in [0.29, 0.717) is 12.6 Å². The second-order valence-electron chi connectivity index (χ2n) is 5.29. The lowest BCUT2D eigenvalue weighted by Gasteiger charge is -2.33. The first-order chi connectivity index (χ1) is 8.70. The van der Waals surface area contributed by atoms with E-state index in [-0.39, 0.29) is 11.9 Å². The summed E-state index contributed by atoms with van der Waals surface area (Å²) in [7, 11) is 0. The standard InChI is InChI=1S/C14H29N3O/c1-3-10-16-14(18)12(2)17(11-6-9-15)13-7-4-5-8-13/h12-13H,3-11,15H2,1-2H3,(H,16,18). The van der Waals surface area contributed by atoms with Gasteiger partial charge in [0.15, 0.2) is 0 Å². The molecule has 1 aliphatic rings. The summed E-state index contributed by atoms with van der Waals surface area (Å²) < 4.78 is 0. The van der Waals surface area contributed by atoms with E-state index >= 15 is 0 Å². The number of amides is 1. The minimum atomic E-state index is -0.0220. The Morgan fingerprint density at radius 1 is 1.44 bits per heavy atom. The molecule has 1 atom stereocenters. The van der Waals surface area contributed by atoms with E-state index in [1.165, 1.54) is 25.7 Å². The minimum Gasteiger partial charge on any atom is -0.355 e. The molecule has 1 rings (SSSR count). The Kier molecular flexibility index (Phi) is 7.28. The Hall–Kier alpha value is -0.610. The third-order valence-electron chi connectivity index (χ3n) is 3.84. The van der Waals surface area contributed by atoms with Crippen LogP contribution in [0.15, 0.2) is 0 Å². The molecule has 4 heteroatoms. The van der Waals surface area contributed by atoms with Crippen molar-refractivity contribution in [2.75, 3.05) is 19.6 Å². The summed E-state index contributed by atoms with van der Waals surface area (Å²) >= 11 is 0. The van der Waals surface area contributed by atoms with Crippen LogP contribution in [0.1, 0.15) is 52.4 Å². The van der Waals surface area contributed by atoms with Gasteiger partial charge in [0, 0.05) is 19.1 Å². The average Bonchev–Trinajstić information content (AvgIpc) is 2.90. The van der Waals surface area contributed by atoms with Gasteiger partial charge in [-0.3, -0.25) is 9.69 Å². The molecule has 4 nitrogen and oxygen atoms in total. The fourth-order valence-corrected chi connectivity index (χ4v) is 2.75. The Labute approximate surface area is 111 Å². The average molecular weight is 255 g/mol. The summed E-state index contributed by atoms with van der Waals surface area (Å²) in [4.78, 5) is 14.4. The number of rotatable bonds is 8. The van der Waals surface area contributed by atoms with Crippen LogP contribution >= 0.6 is 0 Å². The number of hydrogen-bond acceptors (Lipinski definition) is 3. The van der Waals surface area contributed by atoms with Gasteiger partial charge in [-0.25, -0.2) is 0 Å².